The topological polar surface area (TPSA) is 121 Å². The van der Waals surface area contributed by atoms with Gasteiger partial charge in [-0.15, -0.1) is 0 Å². The summed E-state index contributed by atoms with van der Waals surface area (Å²) in [5.74, 6) is -2.29. The van der Waals surface area contributed by atoms with Crippen LogP contribution in [0, 0.1) is 10.1 Å². The average Bonchev–Trinajstić information content (AvgIpc) is 3.23. The van der Waals surface area contributed by atoms with Gasteiger partial charge in [-0.25, -0.2) is 9.78 Å². The minimum absolute atomic E-state index is 0.0448. The maximum absolute atomic E-state index is 13.2. The number of halogens is 3. The normalized spacial score (nSPS) is 11.1. The lowest BCUT2D eigenvalue weighted by molar-refractivity contribution is -0.386. The number of benzene rings is 2. The minimum Gasteiger partial charge on any atom is -0.482 e. The molecule has 0 radical (unpaired) electrons. The highest BCUT2D eigenvalue weighted by Crippen LogP contribution is 2.37. The number of ether oxygens (including phenoxy) is 2. The molecule has 0 aliphatic heterocycles. The van der Waals surface area contributed by atoms with Crippen molar-refractivity contribution in [2.45, 2.75) is 19.7 Å². The minimum atomic E-state index is -4.96. The fraction of sp³-hybridized carbons (Fsp3) is 0.190. The number of anilines is 1. The predicted molar refractivity (Wildman–Crippen MR) is 115 cm³/mol. The molecule has 9 nitrogen and oxygen atoms in total. The van der Waals surface area contributed by atoms with Crippen molar-refractivity contribution in [3.8, 4) is 5.75 Å². The molecule has 0 saturated heterocycles. The second-order valence-electron chi connectivity index (χ2n) is 6.58. The lowest BCUT2D eigenvalue weighted by atomic mass is 10.1. The van der Waals surface area contributed by atoms with Gasteiger partial charge in [-0.2, -0.15) is 13.2 Å². The third-order valence-electron chi connectivity index (χ3n) is 4.23. The van der Waals surface area contributed by atoms with Gasteiger partial charge in [-0.3, -0.25) is 20.2 Å². The smallest absolute Gasteiger partial charge is 0.435 e. The molecule has 0 spiro atoms. The third kappa shape index (κ3) is 5.86. The van der Waals surface area contributed by atoms with E-state index < -0.39 is 44.4 Å². The van der Waals surface area contributed by atoms with Gasteiger partial charge in [0, 0.05) is 11.6 Å². The summed E-state index contributed by atoms with van der Waals surface area (Å²) in [6.07, 6.45) is -4.96. The van der Waals surface area contributed by atoms with Crippen molar-refractivity contribution in [3.63, 3.8) is 0 Å². The number of nitrogens with one attached hydrogen (secondary N) is 1. The van der Waals surface area contributed by atoms with Crippen molar-refractivity contribution in [3.05, 3.63) is 80.3 Å². The second kappa shape index (κ2) is 10.3. The van der Waals surface area contributed by atoms with E-state index in [9.17, 15) is 32.9 Å². The number of hydrogen-bond acceptors (Lipinski definition) is 8. The van der Waals surface area contributed by atoms with Crippen molar-refractivity contribution in [2.24, 2.45) is 0 Å². The lowest BCUT2D eigenvalue weighted by Gasteiger charge is -2.08. The van der Waals surface area contributed by atoms with Crippen LogP contribution in [0.3, 0.4) is 0 Å². The molecule has 0 atom stereocenters. The van der Waals surface area contributed by atoms with E-state index in [1.54, 1.807) is 30.3 Å². The van der Waals surface area contributed by atoms with Crippen LogP contribution in [0.25, 0.3) is 0 Å². The first-order valence-electron chi connectivity index (χ1n) is 9.61. The van der Waals surface area contributed by atoms with Gasteiger partial charge < -0.3 is 9.47 Å². The summed E-state index contributed by atoms with van der Waals surface area (Å²) >= 11 is 0.281. The van der Waals surface area contributed by atoms with Gasteiger partial charge in [0.25, 0.3) is 5.91 Å². The largest absolute Gasteiger partial charge is 0.482 e. The lowest BCUT2D eigenvalue weighted by Crippen LogP contribution is -2.14. The van der Waals surface area contributed by atoms with E-state index in [1.165, 1.54) is 19.1 Å². The first kappa shape index (κ1) is 24.6. The average molecular weight is 495 g/mol. The summed E-state index contributed by atoms with van der Waals surface area (Å²) in [4.78, 5) is 37.6. The molecule has 34 heavy (non-hydrogen) atoms. The molecule has 1 N–H and O–H groups in total. The summed E-state index contributed by atoms with van der Waals surface area (Å²) in [6, 6.07) is 12.2. The van der Waals surface area contributed by atoms with Crippen LogP contribution in [-0.4, -0.2) is 28.4 Å². The third-order valence-corrected chi connectivity index (χ3v) is 5.18. The fourth-order valence-corrected chi connectivity index (χ4v) is 3.60. The molecule has 3 rings (SSSR count). The van der Waals surface area contributed by atoms with Gasteiger partial charge in [-0.05, 0) is 24.6 Å². The van der Waals surface area contributed by atoms with Crippen LogP contribution in [0.15, 0.2) is 48.5 Å². The zero-order valence-corrected chi connectivity index (χ0v) is 18.2. The maximum Gasteiger partial charge on any atom is 0.435 e. The molecule has 0 bridgehead atoms. The number of nitro groups is 1. The number of amides is 1. The Morgan fingerprint density at radius 2 is 1.88 bits per heavy atom. The number of nitro benzene ring substituents is 1. The Morgan fingerprint density at radius 1 is 1.18 bits per heavy atom. The van der Waals surface area contributed by atoms with Crippen molar-refractivity contribution in [2.75, 3.05) is 11.9 Å². The number of alkyl halides is 3. The highest BCUT2D eigenvalue weighted by Gasteiger charge is 2.40. The monoisotopic (exact) mass is 495 g/mol. The summed E-state index contributed by atoms with van der Waals surface area (Å²) in [5.41, 5.74) is -1.46. The summed E-state index contributed by atoms with van der Waals surface area (Å²) < 4.78 is 49.8. The molecule has 0 aliphatic rings. The Labute approximate surface area is 194 Å². The highest BCUT2D eigenvalue weighted by atomic mass is 32.1. The number of carbonyl (C=O) groups is 2. The Kier molecular flexibility index (Phi) is 7.46. The van der Waals surface area contributed by atoms with E-state index in [0.29, 0.717) is 0 Å². The summed E-state index contributed by atoms with van der Waals surface area (Å²) in [7, 11) is 0. The standard InChI is InChI=1S/C21H16F3N3O6S/c1-2-32-19(29)16-17(21(22,23)24)25-20(34-16)26-18(28)13-8-9-15(14(10-13)27(30)31)33-11-12-6-4-3-5-7-12/h3-10H,2,11H2,1H3,(H,25,26,28). The van der Waals surface area contributed by atoms with Crippen LogP contribution < -0.4 is 10.1 Å². The van der Waals surface area contributed by atoms with Crippen LogP contribution in [-0.2, 0) is 17.5 Å². The van der Waals surface area contributed by atoms with E-state index in [0.717, 1.165) is 11.6 Å². The summed E-state index contributed by atoms with van der Waals surface area (Å²) in [5, 5.41) is 13.1. The SMILES string of the molecule is CCOC(=O)c1sc(NC(=O)c2ccc(OCc3ccccc3)c([N+](=O)[O-])c2)nc1C(F)(F)F. The molecule has 13 heteroatoms. The van der Waals surface area contributed by atoms with Gasteiger partial charge in [-0.1, -0.05) is 41.7 Å². The van der Waals surface area contributed by atoms with E-state index in [1.807, 2.05) is 0 Å². The number of nitrogens with zero attached hydrogens (tertiary/aromatic N) is 2. The Morgan fingerprint density at radius 3 is 2.50 bits per heavy atom. The van der Waals surface area contributed by atoms with Crippen molar-refractivity contribution in [1.29, 1.82) is 0 Å². The molecule has 3 aromatic rings. The fourth-order valence-electron chi connectivity index (χ4n) is 2.73. The maximum atomic E-state index is 13.2. The number of aromatic nitrogens is 1. The van der Waals surface area contributed by atoms with Crippen LogP contribution in [0.4, 0.5) is 24.0 Å². The van der Waals surface area contributed by atoms with Gasteiger partial charge in [0.1, 0.15) is 11.5 Å². The van der Waals surface area contributed by atoms with Crippen LogP contribution in [0.1, 0.15) is 38.2 Å². The molecule has 0 fully saturated rings. The van der Waals surface area contributed by atoms with Crippen molar-refractivity contribution >= 4 is 34.0 Å². The molecule has 0 saturated carbocycles. The molecule has 2 aromatic carbocycles. The van der Waals surface area contributed by atoms with E-state index >= 15 is 0 Å². The highest BCUT2D eigenvalue weighted by molar-refractivity contribution is 7.17. The summed E-state index contributed by atoms with van der Waals surface area (Å²) in [6.45, 7) is 1.32. The number of rotatable bonds is 8. The van der Waals surface area contributed by atoms with E-state index in [2.05, 4.69) is 15.0 Å². The number of thiazole rings is 1. The van der Waals surface area contributed by atoms with Gasteiger partial charge in [0.05, 0.1) is 11.5 Å². The molecule has 178 valence electrons. The van der Waals surface area contributed by atoms with Gasteiger partial charge in [0.15, 0.2) is 16.6 Å². The molecule has 1 heterocycles. The number of carbonyl (C=O) groups excluding carboxylic acids is 2. The Hall–Kier alpha value is -4.00. The molecular formula is C21H16F3N3O6S. The molecule has 0 unspecified atom stereocenters. The van der Waals surface area contributed by atoms with Crippen molar-refractivity contribution in [1.82, 2.24) is 4.98 Å². The quantitative estimate of drug-likeness (QED) is 0.263. The van der Waals surface area contributed by atoms with Crippen LogP contribution >= 0.6 is 11.3 Å². The van der Waals surface area contributed by atoms with Crippen LogP contribution in [0.5, 0.6) is 5.75 Å². The second-order valence-corrected chi connectivity index (χ2v) is 7.58. The van der Waals surface area contributed by atoms with Crippen molar-refractivity contribution < 1.29 is 37.2 Å². The Balaban J connectivity index is 1.82. The number of hydrogen-bond donors (Lipinski definition) is 1. The molecular weight excluding hydrogens is 479 g/mol. The zero-order chi connectivity index (χ0) is 24.9. The first-order chi connectivity index (χ1) is 16.1. The van der Waals surface area contributed by atoms with Gasteiger partial charge >= 0.3 is 17.8 Å². The van der Waals surface area contributed by atoms with Gasteiger partial charge in [0.2, 0.25) is 0 Å². The van der Waals surface area contributed by atoms with Crippen LogP contribution in [0.2, 0.25) is 0 Å². The molecule has 1 amide bonds. The number of esters is 1. The molecule has 1 aromatic heterocycles. The predicted octanol–water partition coefficient (Wildman–Crippen LogP) is 5.08. The first-order valence-corrected chi connectivity index (χ1v) is 10.4. The Bertz CT molecular complexity index is 1210. The van der Waals surface area contributed by atoms with E-state index in [4.69, 9.17) is 4.74 Å². The van der Waals surface area contributed by atoms with E-state index in [-0.39, 0.29) is 35.9 Å². The molecule has 0 aliphatic carbocycles. The zero-order valence-electron chi connectivity index (χ0n) is 17.4.